The molecular formula is C25H33F3N6O. The molecule has 0 unspecified atom stereocenters. The molecule has 2 saturated heterocycles. The number of alkyl halides is 3. The van der Waals surface area contributed by atoms with Crippen molar-refractivity contribution in [1.29, 1.82) is 0 Å². The number of pyridine rings is 1. The zero-order valence-corrected chi connectivity index (χ0v) is 20.4. The topological polar surface area (TPSA) is 72.4 Å². The van der Waals surface area contributed by atoms with Crippen LogP contribution < -0.4 is 5.73 Å². The summed E-state index contributed by atoms with van der Waals surface area (Å²) in [5, 5.41) is 4.70. The fourth-order valence-corrected chi connectivity index (χ4v) is 6.78. The first-order valence-corrected chi connectivity index (χ1v) is 12.5. The van der Waals surface area contributed by atoms with Crippen LogP contribution in [0.5, 0.6) is 0 Å². The van der Waals surface area contributed by atoms with Gasteiger partial charge in [0.25, 0.3) is 0 Å². The number of fused-ring (bicyclic) bond motifs is 1. The second-order valence-electron chi connectivity index (χ2n) is 11.3. The van der Waals surface area contributed by atoms with Crippen LogP contribution in [-0.4, -0.2) is 76.0 Å². The van der Waals surface area contributed by atoms with Crippen LogP contribution in [0, 0.1) is 11.8 Å². The lowest BCUT2D eigenvalue weighted by molar-refractivity contribution is -0.190. The summed E-state index contributed by atoms with van der Waals surface area (Å²) >= 11 is 0. The van der Waals surface area contributed by atoms with Crippen molar-refractivity contribution in [2.24, 2.45) is 11.8 Å². The highest BCUT2D eigenvalue weighted by Gasteiger charge is 2.61. The molecule has 190 valence electrons. The normalized spacial score (nSPS) is 30.6. The smallest absolute Gasteiger partial charge is 0.383 e. The van der Waals surface area contributed by atoms with Crippen molar-refractivity contribution >= 4 is 5.82 Å². The SMILES string of the molecule is CC(C)n1nc(-c2cnc(N)c(C(F)(F)F)c2)cc1[C@H]1[C@@H]2C[C@H](N3CC4(CN(C)CCO4)C3)C[C@@H]21. The lowest BCUT2D eigenvalue weighted by Gasteiger charge is -2.55. The van der Waals surface area contributed by atoms with Gasteiger partial charge in [0.2, 0.25) is 0 Å². The Kier molecular flexibility index (Phi) is 5.26. The van der Waals surface area contributed by atoms with E-state index in [1.165, 1.54) is 19.0 Å². The standard InChI is InChI=1S/C25H33F3N6O/c1-14(2)34-21(9-20(31-34)15-6-19(25(26,27)28)23(29)30-10-15)22-17-7-16(8-18(17)22)33-12-24(13-33)11-32(3)4-5-35-24/h6,9-10,14,16-18,22H,4-5,7-8,11-13H2,1-3H3,(H2,29,30)/t16-,17+,18-,22-. The van der Waals surface area contributed by atoms with Crippen molar-refractivity contribution < 1.29 is 17.9 Å². The van der Waals surface area contributed by atoms with Crippen molar-refractivity contribution in [2.45, 2.75) is 56.5 Å². The molecule has 4 heterocycles. The van der Waals surface area contributed by atoms with Crippen LogP contribution in [0.25, 0.3) is 11.3 Å². The highest BCUT2D eigenvalue weighted by molar-refractivity contribution is 5.63. The van der Waals surface area contributed by atoms with Crippen LogP contribution in [0.1, 0.15) is 49.9 Å². The Bertz CT molecular complexity index is 1110. The molecule has 6 rings (SSSR count). The first-order valence-electron chi connectivity index (χ1n) is 12.5. The molecule has 4 fully saturated rings. The minimum Gasteiger partial charge on any atom is -0.383 e. The number of hydrogen-bond donors (Lipinski definition) is 1. The third kappa shape index (κ3) is 3.94. The molecule has 4 atom stereocenters. The number of rotatable bonds is 4. The first kappa shape index (κ1) is 23.2. The van der Waals surface area contributed by atoms with Gasteiger partial charge in [0.05, 0.1) is 17.9 Å². The van der Waals surface area contributed by atoms with Crippen molar-refractivity contribution in [1.82, 2.24) is 24.6 Å². The molecule has 0 bridgehead atoms. The number of halogens is 3. The summed E-state index contributed by atoms with van der Waals surface area (Å²) in [5.41, 5.74) is 6.60. The number of likely N-dealkylation sites (tertiary alicyclic amines) is 1. The molecule has 2 aliphatic heterocycles. The summed E-state index contributed by atoms with van der Waals surface area (Å²) in [6, 6.07) is 3.76. The van der Waals surface area contributed by atoms with Crippen LogP contribution in [-0.2, 0) is 10.9 Å². The molecule has 35 heavy (non-hydrogen) atoms. The summed E-state index contributed by atoms with van der Waals surface area (Å²) in [7, 11) is 2.17. The molecular weight excluding hydrogens is 457 g/mol. The molecule has 10 heteroatoms. The summed E-state index contributed by atoms with van der Waals surface area (Å²) in [6.45, 7) is 8.99. The van der Waals surface area contributed by atoms with Gasteiger partial charge in [-0.1, -0.05) is 0 Å². The lowest BCUT2D eigenvalue weighted by atomic mass is 9.88. The van der Waals surface area contributed by atoms with Gasteiger partial charge in [0, 0.05) is 61.6 Å². The quantitative estimate of drug-likeness (QED) is 0.706. The van der Waals surface area contributed by atoms with Crippen molar-refractivity contribution in [3.63, 3.8) is 0 Å². The maximum atomic E-state index is 13.4. The van der Waals surface area contributed by atoms with E-state index in [1.54, 1.807) is 0 Å². The number of nitrogen functional groups attached to an aromatic ring is 1. The Morgan fingerprint density at radius 3 is 2.49 bits per heavy atom. The Morgan fingerprint density at radius 2 is 1.86 bits per heavy atom. The summed E-state index contributed by atoms with van der Waals surface area (Å²) < 4.78 is 48.2. The minimum atomic E-state index is -4.55. The van der Waals surface area contributed by atoms with E-state index in [-0.39, 0.29) is 11.6 Å². The van der Waals surface area contributed by atoms with Gasteiger partial charge in [-0.05, 0) is 57.7 Å². The van der Waals surface area contributed by atoms with Crippen LogP contribution >= 0.6 is 0 Å². The number of aromatic nitrogens is 3. The molecule has 1 spiro atoms. The highest BCUT2D eigenvalue weighted by Crippen LogP contribution is 2.64. The maximum Gasteiger partial charge on any atom is 0.419 e. The first-order chi connectivity index (χ1) is 16.5. The number of ether oxygens (including phenoxy) is 1. The maximum absolute atomic E-state index is 13.4. The third-order valence-corrected chi connectivity index (χ3v) is 8.47. The van der Waals surface area contributed by atoms with Gasteiger partial charge in [-0.15, -0.1) is 0 Å². The van der Waals surface area contributed by atoms with Gasteiger partial charge in [0.1, 0.15) is 11.4 Å². The van der Waals surface area contributed by atoms with Crippen LogP contribution in [0.4, 0.5) is 19.0 Å². The minimum absolute atomic E-state index is 0.0206. The van der Waals surface area contributed by atoms with Crippen molar-refractivity contribution in [3.05, 3.63) is 29.6 Å². The van der Waals surface area contributed by atoms with E-state index >= 15 is 0 Å². The van der Waals surface area contributed by atoms with Crippen molar-refractivity contribution in [3.8, 4) is 11.3 Å². The van der Waals surface area contributed by atoms with Gasteiger partial charge >= 0.3 is 6.18 Å². The Hall–Kier alpha value is -2.17. The van der Waals surface area contributed by atoms with E-state index in [0.717, 1.165) is 44.5 Å². The Morgan fingerprint density at radius 1 is 1.14 bits per heavy atom. The molecule has 2 aromatic heterocycles. The average Bonchev–Trinajstić information content (AvgIpc) is 3.12. The molecule has 0 aromatic carbocycles. The van der Waals surface area contributed by atoms with Gasteiger partial charge in [-0.2, -0.15) is 18.3 Å². The summed E-state index contributed by atoms with van der Waals surface area (Å²) in [5.74, 6) is 1.14. The molecule has 7 nitrogen and oxygen atoms in total. The fourth-order valence-electron chi connectivity index (χ4n) is 6.78. The van der Waals surface area contributed by atoms with Crippen molar-refractivity contribution in [2.75, 3.05) is 45.6 Å². The third-order valence-electron chi connectivity index (χ3n) is 8.47. The molecule has 2 aromatic rings. The second-order valence-corrected chi connectivity index (χ2v) is 11.3. The highest BCUT2D eigenvalue weighted by atomic mass is 19.4. The molecule has 2 aliphatic carbocycles. The number of hydrogen-bond acceptors (Lipinski definition) is 6. The molecule has 0 amide bonds. The predicted molar refractivity (Wildman–Crippen MR) is 126 cm³/mol. The van der Waals surface area contributed by atoms with Gasteiger partial charge in [0.15, 0.2) is 0 Å². The largest absolute Gasteiger partial charge is 0.419 e. The summed E-state index contributed by atoms with van der Waals surface area (Å²) in [4.78, 5) is 8.75. The number of likely N-dealkylation sites (N-methyl/N-ethyl adjacent to an activating group) is 1. The van der Waals surface area contributed by atoms with Gasteiger partial charge in [-0.3, -0.25) is 9.58 Å². The van der Waals surface area contributed by atoms with Gasteiger partial charge < -0.3 is 15.4 Å². The summed E-state index contributed by atoms with van der Waals surface area (Å²) in [6.07, 6.45) is -0.828. The number of nitrogens with zero attached hydrogens (tertiary/aromatic N) is 5. The van der Waals surface area contributed by atoms with E-state index in [0.29, 0.717) is 35.1 Å². The molecule has 4 aliphatic rings. The van der Waals surface area contributed by atoms with E-state index in [4.69, 9.17) is 15.6 Å². The Balaban J connectivity index is 1.16. The van der Waals surface area contributed by atoms with E-state index in [9.17, 15) is 13.2 Å². The zero-order chi connectivity index (χ0) is 24.7. The predicted octanol–water partition coefficient (Wildman–Crippen LogP) is 3.64. The lowest BCUT2D eigenvalue weighted by Crippen LogP contribution is -2.71. The van der Waals surface area contributed by atoms with E-state index in [2.05, 4.69) is 35.7 Å². The number of nitrogens with two attached hydrogens (primary N) is 1. The second kappa shape index (κ2) is 7.91. The number of anilines is 1. The van der Waals surface area contributed by atoms with Crippen LogP contribution in [0.15, 0.2) is 18.3 Å². The van der Waals surface area contributed by atoms with E-state index < -0.39 is 17.6 Å². The molecule has 0 radical (unpaired) electrons. The molecule has 2 saturated carbocycles. The fraction of sp³-hybridized carbons (Fsp3) is 0.680. The number of morpholine rings is 1. The van der Waals surface area contributed by atoms with Crippen LogP contribution in [0.2, 0.25) is 0 Å². The average molecular weight is 491 g/mol. The Labute approximate surface area is 203 Å². The monoisotopic (exact) mass is 490 g/mol. The van der Waals surface area contributed by atoms with Crippen LogP contribution in [0.3, 0.4) is 0 Å². The van der Waals surface area contributed by atoms with Gasteiger partial charge in [-0.25, -0.2) is 4.98 Å². The molecule has 2 N–H and O–H groups in total. The zero-order valence-electron chi connectivity index (χ0n) is 20.4. The van der Waals surface area contributed by atoms with E-state index in [1.807, 2.05) is 10.7 Å².